The molecular weight excluding hydrogens is 440 g/mol. The van der Waals surface area contributed by atoms with Crippen molar-refractivity contribution in [2.45, 2.75) is 52.4 Å². The maximum Gasteiger partial charge on any atom is 0.257 e. The molecule has 1 saturated heterocycles. The summed E-state index contributed by atoms with van der Waals surface area (Å²) in [7, 11) is 0. The van der Waals surface area contributed by atoms with Gasteiger partial charge in [0.2, 0.25) is 5.91 Å². The maximum atomic E-state index is 13.6. The molecule has 2 heterocycles. The zero-order chi connectivity index (χ0) is 24.8. The Bertz CT molecular complexity index is 1250. The van der Waals surface area contributed by atoms with Gasteiger partial charge in [-0.2, -0.15) is 0 Å². The number of hydrogen-bond donors (Lipinski definition) is 1. The molecule has 6 heteroatoms. The number of benzene rings is 2. The predicted octanol–water partition coefficient (Wildman–Crippen LogP) is 5.32. The number of unbranched alkanes of at least 4 members (excludes halogenated alkanes) is 3. The van der Waals surface area contributed by atoms with E-state index in [1.54, 1.807) is 30.0 Å². The Balaban J connectivity index is 1.57. The third-order valence-electron chi connectivity index (χ3n) is 6.82. The highest BCUT2D eigenvalue weighted by Gasteiger charge is 2.30. The van der Waals surface area contributed by atoms with E-state index in [0.717, 1.165) is 37.7 Å². The van der Waals surface area contributed by atoms with Crippen LogP contribution in [0.1, 0.15) is 61.4 Å². The first-order valence-electron chi connectivity index (χ1n) is 12.7. The number of nitrogens with zero attached hydrogens (tertiary/aromatic N) is 1. The molecule has 0 spiro atoms. The maximum absolute atomic E-state index is 13.6. The second-order valence-electron chi connectivity index (χ2n) is 9.38. The topological polar surface area (TPSA) is 79.6 Å². The summed E-state index contributed by atoms with van der Waals surface area (Å²) in [5.74, 6) is 0.0674. The monoisotopic (exact) mass is 474 g/mol. The zero-order valence-electron chi connectivity index (χ0n) is 20.6. The van der Waals surface area contributed by atoms with Crippen molar-refractivity contribution in [3.63, 3.8) is 0 Å². The first kappa shape index (κ1) is 24.7. The average Bonchev–Trinajstić information content (AvgIpc) is 2.90. The second kappa shape index (κ2) is 11.3. The third kappa shape index (κ3) is 5.47. The van der Waals surface area contributed by atoms with Gasteiger partial charge in [-0.15, -0.1) is 0 Å². The lowest BCUT2D eigenvalue weighted by molar-refractivity contribution is -0.126. The van der Waals surface area contributed by atoms with Crippen LogP contribution in [-0.2, 0) is 4.79 Å². The molecule has 1 aromatic heterocycles. The predicted molar refractivity (Wildman–Crippen MR) is 138 cm³/mol. The molecule has 1 atom stereocenters. The van der Waals surface area contributed by atoms with Crippen molar-refractivity contribution >= 4 is 22.8 Å². The van der Waals surface area contributed by atoms with Gasteiger partial charge < -0.3 is 14.6 Å². The van der Waals surface area contributed by atoms with Gasteiger partial charge in [-0.05, 0) is 38.3 Å². The van der Waals surface area contributed by atoms with E-state index < -0.39 is 0 Å². The summed E-state index contributed by atoms with van der Waals surface area (Å²) < 4.78 is 6.24. The van der Waals surface area contributed by atoms with Gasteiger partial charge in [0.05, 0.1) is 16.9 Å². The molecule has 4 rings (SSSR count). The molecule has 1 fully saturated rings. The quantitative estimate of drug-likeness (QED) is 0.448. The minimum Gasteiger partial charge on any atom is -0.455 e. The molecule has 184 valence electrons. The molecular formula is C29H34N2O4. The first-order valence-corrected chi connectivity index (χ1v) is 12.7. The van der Waals surface area contributed by atoms with Crippen LogP contribution in [0.3, 0.4) is 0 Å². The second-order valence-corrected chi connectivity index (χ2v) is 9.38. The van der Waals surface area contributed by atoms with Crippen molar-refractivity contribution in [2.75, 3.05) is 19.6 Å². The number of nitrogens with one attached hydrogen (secondary N) is 1. The lowest BCUT2D eigenvalue weighted by Gasteiger charge is -2.32. The molecule has 1 N–H and O–H groups in total. The molecule has 2 amide bonds. The minimum absolute atomic E-state index is 0.0189. The normalized spacial score (nSPS) is 15.8. The van der Waals surface area contributed by atoms with Crippen LogP contribution in [0.4, 0.5) is 0 Å². The molecule has 6 nitrogen and oxygen atoms in total. The summed E-state index contributed by atoms with van der Waals surface area (Å²) in [4.78, 5) is 41.2. The van der Waals surface area contributed by atoms with Crippen molar-refractivity contribution in [3.8, 4) is 11.3 Å². The van der Waals surface area contributed by atoms with Gasteiger partial charge in [0, 0.05) is 30.8 Å². The highest BCUT2D eigenvalue weighted by Crippen LogP contribution is 2.28. The molecule has 2 aromatic carbocycles. The van der Waals surface area contributed by atoms with Gasteiger partial charge >= 0.3 is 0 Å². The summed E-state index contributed by atoms with van der Waals surface area (Å²) in [5.41, 5.74) is 1.83. The van der Waals surface area contributed by atoms with E-state index in [4.69, 9.17) is 4.42 Å². The molecule has 0 saturated carbocycles. The molecule has 35 heavy (non-hydrogen) atoms. The van der Waals surface area contributed by atoms with Crippen LogP contribution in [-0.4, -0.2) is 36.3 Å². The summed E-state index contributed by atoms with van der Waals surface area (Å²) in [6.07, 6.45) is 5.97. The van der Waals surface area contributed by atoms with E-state index in [-0.39, 0.29) is 23.2 Å². The number of para-hydroxylation sites is 1. The van der Waals surface area contributed by atoms with Crippen molar-refractivity contribution in [1.82, 2.24) is 10.2 Å². The Morgan fingerprint density at radius 2 is 1.86 bits per heavy atom. The Morgan fingerprint density at radius 3 is 2.63 bits per heavy atom. The molecule has 3 aromatic rings. The highest BCUT2D eigenvalue weighted by atomic mass is 16.3. The Morgan fingerprint density at radius 1 is 1.06 bits per heavy atom. The number of hydrogen-bond acceptors (Lipinski definition) is 4. The van der Waals surface area contributed by atoms with Gasteiger partial charge in [0.25, 0.3) is 5.91 Å². The number of rotatable bonds is 8. The zero-order valence-corrected chi connectivity index (χ0v) is 20.6. The molecule has 0 radical (unpaired) electrons. The first-order chi connectivity index (χ1) is 17.0. The number of amides is 2. The minimum atomic E-state index is -0.219. The van der Waals surface area contributed by atoms with E-state index in [0.29, 0.717) is 47.5 Å². The van der Waals surface area contributed by atoms with Gasteiger partial charge in [-0.1, -0.05) is 62.6 Å². The van der Waals surface area contributed by atoms with Crippen molar-refractivity contribution in [1.29, 1.82) is 0 Å². The largest absolute Gasteiger partial charge is 0.455 e. The fourth-order valence-corrected chi connectivity index (χ4v) is 4.80. The molecule has 1 aliphatic rings. The van der Waals surface area contributed by atoms with Crippen LogP contribution in [0.5, 0.6) is 0 Å². The lowest BCUT2D eigenvalue weighted by atomic mass is 9.96. The van der Waals surface area contributed by atoms with E-state index in [1.165, 1.54) is 6.42 Å². The average molecular weight is 475 g/mol. The van der Waals surface area contributed by atoms with Crippen LogP contribution >= 0.6 is 0 Å². The fourth-order valence-electron chi connectivity index (χ4n) is 4.80. The Hall–Kier alpha value is -3.41. The number of likely N-dealkylation sites (tertiary alicyclic amines) is 1. The van der Waals surface area contributed by atoms with Gasteiger partial charge in [0.1, 0.15) is 5.76 Å². The number of carbonyl (C=O) groups is 2. The van der Waals surface area contributed by atoms with Crippen molar-refractivity contribution in [3.05, 3.63) is 69.9 Å². The summed E-state index contributed by atoms with van der Waals surface area (Å²) >= 11 is 0. The summed E-state index contributed by atoms with van der Waals surface area (Å²) in [5, 5.41) is 3.44. The number of carbonyl (C=O) groups excluding carboxylic acids is 2. The van der Waals surface area contributed by atoms with Gasteiger partial charge in [-0.25, -0.2) is 0 Å². The fraction of sp³-hybridized carbons (Fsp3) is 0.414. The molecule has 0 bridgehead atoms. The molecule has 1 unspecified atom stereocenters. The summed E-state index contributed by atoms with van der Waals surface area (Å²) in [6, 6.07) is 14.6. The molecule has 0 aliphatic carbocycles. The third-order valence-corrected chi connectivity index (χ3v) is 6.82. The van der Waals surface area contributed by atoms with Crippen LogP contribution < -0.4 is 10.7 Å². The van der Waals surface area contributed by atoms with Gasteiger partial charge in [0.15, 0.2) is 11.0 Å². The van der Waals surface area contributed by atoms with E-state index in [2.05, 4.69) is 12.2 Å². The van der Waals surface area contributed by atoms with Crippen LogP contribution in [0.15, 0.2) is 57.7 Å². The summed E-state index contributed by atoms with van der Waals surface area (Å²) in [6.45, 7) is 5.54. The SMILES string of the molecule is CCCCCCNC(=O)C1CCCN(C(=O)c2cccc3c(=O)c(C)c(-c4ccccc4)oc23)C1. The standard InChI is InChI=1S/C29H34N2O4/c1-3-4-5-9-17-30-28(33)22-14-11-18-31(19-22)29(34)24-16-10-15-23-25(32)20(2)26(35-27(23)24)21-12-7-6-8-13-21/h6-8,10,12-13,15-16,22H,3-5,9,11,14,17-19H2,1-2H3,(H,30,33). The van der Waals surface area contributed by atoms with Crippen molar-refractivity contribution in [2.24, 2.45) is 5.92 Å². The highest BCUT2D eigenvalue weighted by molar-refractivity contribution is 6.05. The number of piperidine rings is 1. The van der Waals surface area contributed by atoms with E-state index >= 15 is 0 Å². The Kier molecular flexibility index (Phi) is 8.01. The van der Waals surface area contributed by atoms with Crippen LogP contribution in [0.2, 0.25) is 0 Å². The molecule has 1 aliphatic heterocycles. The lowest BCUT2D eigenvalue weighted by Crippen LogP contribution is -2.45. The van der Waals surface area contributed by atoms with Crippen LogP contribution in [0, 0.1) is 12.8 Å². The Labute approximate surface area is 206 Å². The number of fused-ring (bicyclic) bond motifs is 1. The van der Waals surface area contributed by atoms with Crippen LogP contribution in [0.25, 0.3) is 22.3 Å². The van der Waals surface area contributed by atoms with Gasteiger partial charge in [-0.3, -0.25) is 14.4 Å². The smallest absolute Gasteiger partial charge is 0.257 e. The van der Waals surface area contributed by atoms with E-state index in [1.807, 2.05) is 30.3 Å². The van der Waals surface area contributed by atoms with Crippen molar-refractivity contribution < 1.29 is 14.0 Å². The van der Waals surface area contributed by atoms with E-state index in [9.17, 15) is 14.4 Å².